The zero-order valence-electron chi connectivity index (χ0n) is 13.1. The summed E-state index contributed by atoms with van der Waals surface area (Å²) in [5.41, 5.74) is 10.2. The molecule has 116 valence electrons. The second-order valence-corrected chi connectivity index (χ2v) is 5.35. The van der Waals surface area contributed by atoms with Crippen LogP contribution in [-0.2, 0) is 0 Å². The average molecular weight is 306 g/mol. The van der Waals surface area contributed by atoms with Gasteiger partial charge in [0.2, 0.25) is 0 Å². The fraction of sp³-hybridized carbons (Fsp3) is 0.167. The van der Waals surface area contributed by atoms with Crippen molar-refractivity contribution in [3.8, 4) is 11.1 Å². The van der Waals surface area contributed by atoms with Crippen molar-refractivity contribution >= 4 is 16.9 Å². The van der Waals surface area contributed by atoms with Crippen LogP contribution in [0.15, 0.2) is 48.7 Å². The highest BCUT2D eigenvalue weighted by Crippen LogP contribution is 2.33. The molecule has 0 saturated carbocycles. The van der Waals surface area contributed by atoms with Crippen LogP contribution in [0.1, 0.15) is 29.0 Å². The Labute approximate surface area is 134 Å². The summed E-state index contributed by atoms with van der Waals surface area (Å²) in [6.07, 6.45) is 1.66. The predicted octanol–water partition coefficient (Wildman–Crippen LogP) is 2.68. The van der Waals surface area contributed by atoms with Gasteiger partial charge in [-0.1, -0.05) is 30.3 Å². The minimum atomic E-state index is -0.307. The molecule has 3 aromatic rings. The number of hydrogen-bond acceptors (Lipinski definition) is 4. The van der Waals surface area contributed by atoms with E-state index < -0.39 is 0 Å². The van der Waals surface area contributed by atoms with Crippen LogP contribution in [0.2, 0.25) is 0 Å². The number of nitrogens with one attached hydrogen (secondary N) is 1. The Balaban J connectivity index is 2.47. The number of aromatic nitrogens is 2. The molecule has 1 atom stereocenters. The van der Waals surface area contributed by atoms with E-state index in [1.54, 1.807) is 19.3 Å². The second kappa shape index (κ2) is 6.14. The molecule has 1 unspecified atom stereocenters. The van der Waals surface area contributed by atoms with Gasteiger partial charge in [0.25, 0.3) is 5.91 Å². The highest BCUT2D eigenvalue weighted by atomic mass is 16.1. The SMILES string of the molecule is CNC(=O)c1c(-c2ccccc2)c(C(C)N)nc2cccnc12. The largest absolute Gasteiger partial charge is 0.355 e. The molecule has 2 heterocycles. The van der Waals surface area contributed by atoms with Crippen molar-refractivity contribution < 1.29 is 4.79 Å². The summed E-state index contributed by atoms with van der Waals surface area (Å²) in [7, 11) is 1.61. The summed E-state index contributed by atoms with van der Waals surface area (Å²) in [5.74, 6) is -0.197. The first kappa shape index (κ1) is 15.1. The van der Waals surface area contributed by atoms with Gasteiger partial charge in [0.05, 0.1) is 16.8 Å². The number of rotatable bonds is 3. The van der Waals surface area contributed by atoms with E-state index in [1.165, 1.54) is 0 Å². The number of fused-ring (bicyclic) bond motifs is 1. The van der Waals surface area contributed by atoms with Crippen LogP contribution in [-0.4, -0.2) is 22.9 Å². The van der Waals surface area contributed by atoms with Gasteiger partial charge in [-0.05, 0) is 24.6 Å². The minimum absolute atomic E-state index is 0.197. The highest BCUT2D eigenvalue weighted by molar-refractivity contribution is 6.10. The Morgan fingerprint density at radius 2 is 1.91 bits per heavy atom. The Bertz CT molecular complexity index is 860. The number of nitrogens with zero attached hydrogens (tertiary/aromatic N) is 2. The van der Waals surface area contributed by atoms with Gasteiger partial charge in [-0.25, -0.2) is 4.98 Å². The molecule has 0 saturated heterocycles. The Kier molecular flexibility index (Phi) is 4.04. The molecule has 5 nitrogen and oxygen atoms in total. The molecule has 0 spiro atoms. The molecular formula is C18H18N4O. The summed E-state index contributed by atoms with van der Waals surface area (Å²) in [6.45, 7) is 1.87. The molecule has 0 aliphatic heterocycles. The van der Waals surface area contributed by atoms with Gasteiger partial charge in [-0.2, -0.15) is 0 Å². The monoisotopic (exact) mass is 306 g/mol. The molecule has 5 heteroatoms. The Hall–Kier alpha value is -2.79. The lowest BCUT2D eigenvalue weighted by Crippen LogP contribution is -2.22. The van der Waals surface area contributed by atoms with E-state index >= 15 is 0 Å². The first-order chi connectivity index (χ1) is 11.1. The standard InChI is InChI=1S/C18H18N4O/c1-11(19)16-14(12-7-4-3-5-8-12)15(18(23)20-2)17-13(22-16)9-6-10-21-17/h3-11H,19H2,1-2H3,(H,20,23). The number of hydrogen-bond donors (Lipinski definition) is 2. The van der Waals surface area contributed by atoms with Crippen molar-refractivity contribution in [3.05, 3.63) is 59.9 Å². The molecule has 2 aromatic heterocycles. The molecule has 3 rings (SSSR count). The van der Waals surface area contributed by atoms with E-state index in [0.29, 0.717) is 22.3 Å². The normalized spacial score (nSPS) is 12.1. The molecule has 1 amide bonds. The van der Waals surface area contributed by atoms with Crippen molar-refractivity contribution in [1.29, 1.82) is 0 Å². The van der Waals surface area contributed by atoms with Crippen molar-refractivity contribution in [2.24, 2.45) is 5.73 Å². The molecule has 0 aliphatic rings. The molecular weight excluding hydrogens is 288 g/mol. The van der Waals surface area contributed by atoms with Gasteiger partial charge in [0, 0.05) is 24.8 Å². The van der Waals surface area contributed by atoms with Crippen LogP contribution in [0, 0.1) is 0 Å². The first-order valence-electron chi connectivity index (χ1n) is 7.45. The predicted molar refractivity (Wildman–Crippen MR) is 91.0 cm³/mol. The van der Waals surface area contributed by atoms with E-state index in [0.717, 1.165) is 11.1 Å². The van der Waals surface area contributed by atoms with Gasteiger partial charge in [0.1, 0.15) is 5.52 Å². The Morgan fingerprint density at radius 3 is 2.57 bits per heavy atom. The zero-order valence-corrected chi connectivity index (χ0v) is 13.1. The van der Waals surface area contributed by atoms with Crippen LogP contribution < -0.4 is 11.1 Å². The average Bonchev–Trinajstić information content (AvgIpc) is 2.60. The van der Waals surface area contributed by atoms with E-state index in [1.807, 2.05) is 43.3 Å². The molecule has 3 N–H and O–H groups in total. The topological polar surface area (TPSA) is 80.9 Å². The van der Waals surface area contributed by atoms with Crippen LogP contribution >= 0.6 is 0 Å². The fourth-order valence-corrected chi connectivity index (χ4v) is 2.68. The molecule has 23 heavy (non-hydrogen) atoms. The summed E-state index contributed by atoms with van der Waals surface area (Å²) in [6, 6.07) is 13.0. The summed E-state index contributed by atoms with van der Waals surface area (Å²) in [5, 5.41) is 2.70. The van der Waals surface area contributed by atoms with Crippen molar-refractivity contribution in [2.45, 2.75) is 13.0 Å². The summed E-state index contributed by atoms with van der Waals surface area (Å²) < 4.78 is 0. The van der Waals surface area contributed by atoms with Crippen LogP contribution in [0.3, 0.4) is 0 Å². The van der Waals surface area contributed by atoms with E-state index in [2.05, 4.69) is 15.3 Å². The van der Waals surface area contributed by atoms with Gasteiger partial charge in [0.15, 0.2) is 0 Å². The van der Waals surface area contributed by atoms with E-state index in [-0.39, 0.29) is 11.9 Å². The minimum Gasteiger partial charge on any atom is -0.355 e. The maximum Gasteiger partial charge on any atom is 0.254 e. The maximum absolute atomic E-state index is 12.6. The van der Waals surface area contributed by atoms with Crippen molar-refractivity contribution in [3.63, 3.8) is 0 Å². The van der Waals surface area contributed by atoms with Gasteiger partial charge in [-0.15, -0.1) is 0 Å². The number of carbonyl (C=O) groups excluding carboxylic acids is 1. The van der Waals surface area contributed by atoms with Crippen molar-refractivity contribution in [1.82, 2.24) is 15.3 Å². The lowest BCUT2D eigenvalue weighted by molar-refractivity contribution is 0.0965. The van der Waals surface area contributed by atoms with Crippen LogP contribution in [0.4, 0.5) is 0 Å². The number of nitrogens with two attached hydrogens (primary N) is 1. The number of benzene rings is 1. The van der Waals surface area contributed by atoms with E-state index in [4.69, 9.17) is 5.73 Å². The van der Waals surface area contributed by atoms with Crippen LogP contribution in [0.25, 0.3) is 22.2 Å². The van der Waals surface area contributed by atoms with E-state index in [9.17, 15) is 4.79 Å². The third kappa shape index (κ3) is 2.66. The maximum atomic E-state index is 12.6. The molecule has 0 fully saturated rings. The smallest absolute Gasteiger partial charge is 0.254 e. The Morgan fingerprint density at radius 1 is 1.17 bits per heavy atom. The third-order valence-electron chi connectivity index (χ3n) is 3.72. The summed E-state index contributed by atoms with van der Waals surface area (Å²) >= 11 is 0. The highest BCUT2D eigenvalue weighted by Gasteiger charge is 2.23. The molecule has 0 bridgehead atoms. The fourth-order valence-electron chi connectivity index (χ4n) is 2.68. The quantitative estimate of drug-likeness (QED) is 0.779. The first-order valence-corrected chi connectivity index (χ1v) is 7.45. The summed E-state index contributed by atoms with van der Waals surface area (Å²) in [4.78, 5) is 21.6. The lowest BCUT2D eigenvalue weighted by atomic mass is 9.93. The lowest BCUT2D eigenvalue weighted by Gasteiger charge is -2.18. The molecule has 1 aromatic carbocycles. The second-order valence-electron chi connectivity index (χ2n) is 5.35. The third-order valence-corrected chi connectivity index (χ3v) is 3.72. The van der Waals surface area contributed by atoms with Gasteiger partial charge < -0.3 is 11.1 Å². The number of carbonyl (C=O) groups is 1. The van der Waals surface area contributed by atoms with Gasteiger partial charge in [-0.3, -0.25) is 9.78 Å². The van der Waals surface area contributed by atoms with Gasteiger partial charge >= 0.3 is 0 Å². The molecule has 0 radical (unpaired) electrons. The molecule has 0 aliphatic carbocycles. The van der Waals surface area contributed by atoms with Crippen LogP contribution in [0.5, 0.6) is 0 Å². The number of pyridine rings is 2. The number of amides is 1. The zero-order chi connectivity index (χ0) is 16.4. The van der Waals surface area contributed by atoms with Crippen molar-refractivity contribution in [2.75, 3.05) is 7.05 Å².